The molecule has 0 amide bonds. The van der Waals surface area contributed by atoms with Crippen molar-refractivity contribution in [3.05, 3.63) is 42.4 Å². The Kier molecular flexibility index (Phi) is 4.08. The summed E-state index contributed by atoms with van der Waals surface area (Å²) >= 11 is 0. The first kappa shape index (κ1) is 15.4. The normalized spacial score (nSPS) is 20.4. The molecule has 0 radical (unpaired) electrons. The fourth-order valence-electron chi connectivity index (χ4n) is 4.16. The monoisotopic (exact) mass is 323 g/mol. The van der Waals surface area contributed by atoms with Crippen LogP contribution >= 0.6 is 0 Å². The molecule has 0 aromatic carbocycles. The predicted molar refractivity (Wildman–Crippen MR) is 96.3 cm³/mol. The van der Waals surface area contributed by atoms with Crippen LogP contribution in [0.4, 0.5) is 11.8 Å². The minimum atomic E-state index is 0.414. The van der Waals surface area contributed by atoms with Gasteiger partial charge in [-0.2, -0.15) is 0 Å². The van der Waals surface area contributed by atoms with Gasteiger partial charge in [-0.3, -0.25) is 0 Å². The minimum absolute atomic E-state index is 0.414. The Balaban J connectivity index is 1.44. The van der Waals surface area contributed by atoms with Crippen LogP contribution in [0.3, 0.4) is 0 Å². The zero-order valence-electron chi connectivity index (χ0n) is 14.4. The van der Waals surface area contributed by atoms with Crippen molar-refractivity contribution >= 4 is 11.8 Å². The van der Waals surface area contributed by atoms with E-state index in [0.717, 1.165) is 43.6 Å². The largest absolute Gasteiger partial charge is 0.357 e. The molecule has 4 heterocycles. The molecule has 4 rings (SSSR count). The number of nitrogens with zero attached hydrogens (tertiary/aromatic N) is 5. The van der Waals surface area contributed by atoms with Crippen LogP contribution in [0.1, 0.15) is 31.4 Å². The van der Waals surface area contributed by atoms with E-state index in [9.17, 15) is 0 Å². The number of piperidine rings is 2. The molecule has 2 aliphatic heterocycles. The number of anilines is 2. The number of pyridine rings is 1. The second-order valence-electron chi connectivity index (χ2n) is 7.20. The van der Waals surface area contributed by atoms with Crippen LogP contribution in [0.2, 0.25) is 0 Å². The van der Waals surface area contributed by atoms with Gasteiger partial charge in [0.15, 0.2) is 0 Å². The number of aryl methyl sites for hydroxylation is 1. The SMILES string of the molecule is Cc1cccc(N2CCC3(CCCN(c4ncccn4)C3)CC2)n1. The summed E-state index contributed by atoms with van der Waals surface area (Å²) in [6.07, 6.45) is 8.70. The van der Waals surface area contributed by atoms with E-state index >= 15 is 0 Å². The van der Waals surface area contributed by atoms with Gasteiger partial charge in [0.25, 0.3) is 0 Å². The summed E-state index contributed by atoms with van der Waals surface area (Å²) in [6.45, 7) is 6.43. The van der Waals surface area contributed by atoms with Gasteiger partial charge in [0.1, 0.15) is 5.82 Å². The Morgan fingerprint density at radius 3 is 2.46 bits per heavy atom. The fourth-order valence-corrected chi connectivity index (χ4v) is 4.16. The Hall–Kier alpha value is -2.17. The molecule has 5 nitrogen and oxygen atoms in total. The lowest BCUT2D eigenvalue weighted by Gasteiger charge is -2.48. The smallest absolute Gasteiger partial charge is 0.225 e. The van der Waals surface area contributed by atoms with Crippen molar-refractivity contribution in [3.8, 4) is 0 Å². The third kappa shape index (κ3) is 3.07. The van der Waals surface area contributed by atoms with Gasteiger partial charge >= 0.3 is 0 Å². The highest BCUT2D eigenvalue weighted by Gasteiger charge is 2.39. The molecule has 126 valence electrons. The van der Waals surface area contributed by atoms with Crippen LogP contribution in [-0.2, 0) is 0 Å². The van der Waals surface area contributed by atoms with Crippen molar-refractivity contribution in [3.63, 3.8) is 0 Å². The molecule has 24 heavy (non-hydrogen) atoms. The first-order valence-corrected chi connectivity index (χ1v) is 8.95. The van der Waals surface area contributed by atoms with Crippen LogP contribution in [0.5, 0.6) is 0 Å². The van der Waals surface area contributed by atoms with Gasteiger partial charge in [-0.05, 0) is 56.2 Å². The molecule has 2 fully saturated rings. The third-order valence-electron chi connectivity index (χ3n) is 5.52. The van der Waals surface area contributed by atoms with Crippen LogP contribution in [0.25, 0.3) is 0 Å². The van der Waals surface area contributed by atoms with E-state index in [2.05, 4.69) is 49.9 Å². The number of aromatic nitrogens is 3. The van der Waals surface area contributed by atoms with Crippen LogP contribution in [0, 0.1) is 12.3 Å². The summed E-state index contributed by atoms with van der Waals surface area (Å²) in [6, 6.07) is 8.19. The zero-order valence-corrected chi connectivity index (χ0v) is 14.4. The number of hydrogen-bond donors (Lipinski definition) is 0. The summed E-state index contributed by atoms with van der Waals surface area (Å²) in [5.74, 6) is 2.02. The Morgan fingerprint density at radius 2 is 1.71 bits per heavy atom. The standard InChI is InChI=1S/C19H25N5/c1-16-5-2-6-17(22-16)23-13-8-19(9-14-23)7-3-12-24(15-19)18-20-10-4-11-21-18/h2,4-6,10-11H,3,7-9,12-15H2,1H3. The summed E-state index contributed by atoms with van der Waals surface area (Å²) in [4.78, 5) is 18.4. The summed E-state index contributed by atoms with van der Waals surface area (Å²) in [5, 5.41) is 0. The van der Waals surface area contributed by atoms with Crippen molar-refractivity contribution in [1.82, 2.24) is 15.0 Å². The molecule has 2 aliphatic rings. The van der Waals surface area contributed by atoms with Gasteiger partial charge in [-0.15, -0.1) is 0 Å². The molecule has 0 saturated carbocycles. The van der Waals surface area contributed by atoms with Crippen molar-refractivity contribution in [2.24, 2.45) is 5.41 Å². The average Bonchev–Trinajstić information content (AvgIpc) is 2.63. The maximum absolute atomic E-state index is 4.69. The van der Waals surface area contributed by atoms with Crippen LogP contribution in [-0.4, -0.2) is 41.1 Å². The average molecular weight is 323 g/mol. The maximum Gasteiger partial charge on any atom is 0.225 e. The molecular formula is C19H25N5. The lowest BCUT2D eigenvalue weighted by Crippen LogP contribution is -2.50. The van der Waals surface area contributed by atoms with Gasteiger partial charge in [-0.1, -0.05) is 6.07 Å². The van der Waals surface area contributed by atoms with Gasteiger partial charge in [0.05, 0.1) is 0 Å². The van der Waals surface area contributed by atoms with Crippen molar-refractivity contribution in [1.29, 1.82) is 0 Å². The fraction of sp³-hybridized carbons (Fsp3) is 0.526. The lowest BCUT2D eigenvalue weighted by atomic mass is 9.72. The van der Waals surface area contributed by atoms with Crippen molar-refractivity contribution in [2.75, 3.05) is 36.0 Å². The second-order valence-corrected chi connectivity index (χ2v) is 7.20. The molecule has 0 bridgehead atoms. The van der Waals surface area contributed by atoms with Crippen LogP contribution < -0.4 is 9.80 Å². The number of rotatable bonds is 2. The molecule has 0 unspecified atom stereocenters. The molecular weight excluding hydrogens is 298 g/mol. The highest BCUT2D eigenvalue weighted by molar-refractivity contribution is 5.40. The van der Waals surface area contributed by atoms with E-state index in [0.29, 0.717) is 5.41 Å². The zero-order chi connectivity index (χ0) is 16.4. The van der Waals surface area contributed by atoms with E-state index in [1.165, 1.54) is 25.7 Å². The van der Waals surface area contributed by atoms with Crippen LogP contribution in [0.15, 0.2) is 36.7 Å². The number of hydrogen-bond acceptors (Lipinski definition) is 5. The van der Waals surface area contributed by atoms with E-state index in [1.54, 1.807) is 0 Å². The Morgan fingerprint density at radius 1 is 0.917 bits per heavy atom. The summed E-state index contributed by atoms with van der Waals surface area (Å²) in [5.41, 5.74) is 1.51. The minimum Gasteiger partial charge on any atom is -0.357 e. The van der Waals surface area contributed by atoms with Crippen molar-refractivity contribution in [2.45, 2.75) is 32.6 Å². The van der Waals surface area contributed by atoms with Gasteiger partial charge < -0.3 is 9.80 Å². The predicted octanol–water partition coefficient (Wildman–Crippen LogP) is 3.07. The Labute approximate surface area is 143 Å². The summed E-state index contributed by atoms with van der Waals surface area (Å²) in [7, 11) is 0. The molecule has 1 spiro atoms. The summed E-state index contributed by atoms with van der Waals surface area (Å²) < 4.78 is 0. The second kappa shape index (κ2) is 6.38. The molecule has 0 N–H and O–H groups in total. The van der Waals surface area contributed by atoms with E-state index < -0.39 is 0 Å². The van der Waals surface area contributed by atoms with Gasteiger partial charge in [0, 0.05) is 44.3 Å². The molecule has 0 aliphatic carbocycles. The van der Waals surface area contributed by atoms with Gasteiger partial charge in [-0.25, -0.2) is 15.0 Å². The van der Waals surface area contributed by atoms with E-state index in [4.69, 9.17) is 0 Å². The first-order chi connectivity index (χ1) is 11.7. The molecule has 5 heteroatoms. The molecule has 2 aromatic rings. The molecule has 2 aromatic heterocycles. The highest BCUT2D eigenvalue weighted by Crippen LogP contribution is 2.41. The Bertz CT molecular complexity index is 679. The lowest BCUT2D eigenvalue weighted by molar-refractivity contribution is 0.177. The quantitative estimate of drug-likeness (QED) is 0.850. The van der Waals surface area contributed by atoms with E-state index in [1.807, 2.05) is 18.5 Å². The highest BCUT2D eigenvalue weighted by atomic mass is 15.3. The molecule has 0 atom stereocenters. The van der Waals surface area contributed by atoms with E-state index in [-0.39, 0.29) is 0 Å². The third-order valence-corrected chi connectivity index (χ3v) is 5.52. The topological polar surface area (TPSA) is 45.2 Å². The first-order valence-electron chi connectivity index (χ1n) is 8.95. The van der Waals surface area contributed by atoms with Crippen molar-refractivity contribution < 1.29 is 0 Å². The molecule has 2 saturated heterocycles. The van der Waals surface area contributed by atoms with Gasteiger partial charge in [0.2, 0.25) is 5.95 Å². The maximum atomic E-state index is 4.69.